The fourth-order valence-corrected chi connectivity index (χ4v) is 2.90. The van der Waals surface area contributed by atoms with Gasteiger partial charge in [-0.25, -0.2) is 4.79 Å². The molecule has 1 fully saturated rings. The number of fused-ring (bicyclic) bond motifs is 1. The van der Waals surface area contributed by atoms with Crippen LogP contribution in [0.25, 0.3) is 0 Å². The van der Waals surface area contributed by atoms with E-state index in [9.17, 15) is 18.0 Å². The van der Waals surface area contributed by atoms with E-state index in [2.05, 4.69) is 0 Å². The lowest BCUT2D eigenvalue weighted by molar-refractivity contribution is -0.150. The molecule has 0 saturated carbocycles. The zero-order valence-corrected chi connectivity index (χ0v) is 11.7. The molecule has 0 aliphatic carbocycles. The maximum Gasteiger partial charge on any atom is 0.410 e. The Balaban J connectivity index is 1.90. The van der Waals surface area contributed by atoms with E-state index in [-0.39, 0.29) is 0 Å². The van der Waals surface area contributed by atoms with Gasteiger partial charge in [-0.3, -0.25) is 0 Å². The van der Waals surface area contributed by atoms with Gasteiger partial charge in [0.2, 0.25) is 0 Å². The molecule has 0 spiro atoms. The molecule has 2 aliphatic rings. The molecule has 22 heavy (non-hydrogen) atoms. The van der Waals surface area contributed by atoms with Crippen molar-refractivity contribution in [3.05, 3.63) is 23.8 Å². The van der Waals surface area contributed by atoms with Crippen LogP contribution in [0, 0.1) is 0 Å². The Bertz CT molecular complexity index is 591. The Morgan fingerprint density at radius 1 is 1.36 bits per heavy atom. The first-order valence-corrected chi connectivity index (χ1v) is 7.02. The number of halogens is 3. The monoisotopic (exact) mass is 315 g/mol. The van der Waals surface area contributed by atoms with Crippen LogP contribution < -0.4 is 15.8 Å². The van der Waals surface area contributed by atoms with Crippen molar-refractivity contribution in [3.8, 4) is 5.75 Å². The number of carbonyl (C=O) groups is 1. The van der Waals surface area contributed by atoms with Gasteiger partial charge in [-0.05, 0) is 18.9 Å². The highest BCUT2D eigenvalue weighted by atomic mass is 19.4. The van der Waals surface area contributed by atoms with E-state index in [4.69, 9.17) is 10.5 Å². The maximum atomic E-state index is 12.8. The molecule has 0 bridgehead atoms. The minimum atomic E-state index is -4.45. The molecule has 3 N–H and O–H groups in total. The molecule has 1 aromatic rings. The number of hydrogen-bond acceptors (Lipinski definition) is 3. The van der Waals surface area contributed by atoms with Crippen LogP contribution >= 0.6 is 0 Å². The van der Waals surface area contributed by atoms with Crippen LogP contribution in [0.1, 0.15) is 24.4 Å². The van der Waals surface area contributed by atoms with Gasteiger partial charge in [-0.2, -0.15) is 13.2 Å². The molecule has 1 unspecified atom stereocenters. The summed E-state index contributed by atoms with van der Waals surface area (Å²) in [4.78, 5) is 13.2. The van der Waals surface area contributed by atoms with E-state index in [1.807, 2.05) is 5.32 Å². The zero-order chi connectivity index (χ0) is 15.9. The van der Waals surface area contributed by atoms with Gasteiger partial charge >= 0.3 is 12.2 Å². The van der Waals surface area contributed by atoms with E-state index in [1.165, 1.54) is 4.90 Å². The summed E-state index contributed by atoms with van der Waals surface area (Å²) >= 11 is 0. The second kappa shape index (κ2) is 5.26. The van der Waals surface area contributed by atoms with Gasteiger partial charge in [0, 0.05) is 17.3 Å². The molecule has 2 heterocycles. The standard InChI is InChI=1S/C14H16F3N3O2/c15-14(16,17)12-7-20(13(21)19-12)10-2-1-5-22-11-6-8(18)3-4-9(10)11/h3-4,6,10,12H,1-2,5,7,18H2,(H,19,21)/t10?,12-/m0/s1. The zero-order valence-electron chi connectivity index (χ0n) is 11.7. The minimum Gasteiger partial charge on any atom is -0.493 e. The third kappa shape index (κ3) is 2.65. The summed E-state index contributed by atoms with van der Waals surface area (Å²) in [5, 5.41) is 2.00. The Kier molecular flexibility index (Phi) is 3.54. The first-order chi connectivity index (χ1) is 10.4. The molecule has 8 heteroatoms. The normalized spacial score (nSPS) is 25.2. The van der Waals surface area contributed by atoms with Crippen LogP contribution in [0.5, 0.6) is 5.75 Å². The van der Waals surface area contributed by atoms with E-state index < -0.39 is 30.8 Å². The first-order valence-electron chi connectivity index (χ1n) is 7.02. The van der Waals surface area contributed by atoms with Crippen molar-refractivity contribution in [2.45, 2.75) is 31.1 Å². The number of rotatable bonds is 1. The first kappa shape index (κ1) is 14.8. The second-order valence-corrected chi connectivity index (χ2v) is 5.50. The topological polar surface area (TPSA) is 67.6 Å². The van der Waals surface area contributed by atoms with Crippen LogP contribution in [0.3, 0.4) is 0 Å². The summed E-state index contributed by atoms with van der Waals surface area (Å²) in [7, 11) is 0. The van der Waals surface area contributed by atoms with Gasteiger partial charge in [0.15, 0.2) is 0 Å². The Morgan fingerprint density at radius 3 is 2.82 bits per heavy atom. The van der Waals surface area contributed by atoms with E-state index in [0.29, 0.717) is 36.4 Å². The molecule has 1 saturated heterocycles. The van der Waals surface area contributed by atoms with Crippen molar-refractivity contribution in [1.29, 1.82) is 0 Å². The number of nitrogens with two attached hydrogens (primary N) is 1. The molecule has 5 nitrogen and oxygen atoms in total. The highest BCUT2D eigenvalue weighted by molar-refractivity contribution is 5.78. The maximum absolute atomic E-state index is 12.8. The predicted molar refractivity (Wildman–Crippen MR) is 73.4 cm³/mol. The van der Waals surface area contributed by atoms with Crippen molar-refractivity contribution in [3.63, 3.8) is 0 Å². The van der Waals surface area contributed by atoms with Crippen LogP contribution in [0.4, 0.5) is 23.7 Å². The summed E-state index contributed by atoms with van der Waals surface area (Å²) < 4.78 is 44.1. The van der Waals surface area contributed by atoms with E-state index in [1.54, 1.807) is 18.2 Å². The number of nitrogens with one attached hydrogen (secondary N) is 1. The number of benzene rings is 1. The van der Waals surface area contributed by atoms with E-state index in [0.717, 1.165) is 0 Å². The molecule has 2 aliphatic heterocycles. The predicted octanol–water partition coefficient (Wildman–Crippen LogP) is 2.44. The highest BCUT2D eigenvalue weighted by Gasteiger charge is 2.48. The smallest absolute Gasteiger partial charge is 0.410 e. The molecule has 2 amide bonds. The van der Waals surface area contributed by atoms with Gasteiger partial charge in [-0.15, -0.1) is 0 Å². The number of hydrogen-bond donors (Lipinski definition) is 2. The number of anilines is 1. The lowest BCUT2D eigenvalue weighted by atomic mass is 10.00. The number of urea groups is 1. The lowest BCUT2D eigenvalue weighted by Crippen LogP contribution is -2.40. The Morgan fingerprint density at radius 2 is 2.14 bits per heavy atom. The molecular formula is C14H16F3N3O2. The fraction of sp³-hybridized carbons (Fsp3) is 0.500. The van der Waals surface area contributed by atoms with Crippen molar-refractivity contribution in [2.75, 3.05) is 18.9 Å². The second-order valence-electron chi connectivity index (χ2n) is 5.50. The van der Waals surface area contributed by atoms with Gasteiger partial charge in [-0.1, -0.05) is 6.07 Å². The van der Waals surface area contributed by atoms with Crippen molar-refractivity contribution < 1.29 is 22.7 Å². The Hall–Kier alpha value is -2.12. The highest BCUT2D eigenvalue weighted by Crippen LogP contribution is 2.39. The van der Waals surface area contributed by atoms with Gasteiger partial charge in [0.05, 0.1) is 19.2 Å². The summed E-state index contributed by atoms with van der Waals surface area (Å²) in [6.45, 7) is 0.0575. The van der Waals surface area contributed by atoms with Gasteiger partial charge in [0.1, 0.15) is 11.8 Å². The molecule has 3 rings (SSSR count). The molecular weight excluding hydrogens is 299 g/mol. The van der Waals surface area contributed by atoms with Gasteiger partial charge < -0.3 is 20.7 Å². The summed E-state index contributed by atoms with van der Waals surface area (Å²) in [5.41, 5.74) is 6.93. The number of amides is 2. The summed E-state index contributed by atoms with van der Waals surface area (Å²) in [6.07, 6.45) is -3.25. The molecule has 1 aromatic carbocycles. The molecule has 120 valence electrons. The fourth-order valence-electron chi connectivity index (χ4n) is 2.90. The quantitative estimate of drug-likeness (QED) is 0.782. The number of ether oxygens (including phenoxy) is 1. The molecule has 0 aromatic heterocycles. The van der Waals surface area contributed by atoms with Crippen LogP contribution in [0.2, 0.25) is 0 Å². The van der Waals surface area contributed by atoms with E-state index >= 15 is 0 Å². The van der Waals surface area contributed by atoms with Crippen molar-refractivity contribution >= 4 is 11.7 Å². The Labute approximate surface area is 125 Å². The van der Waals surface area contributed by atoms with Gasteiger partial charge in [0.25, 0.3) is 0 Å². The SMILES string of the molecule is Nc1ccc2c(c1)OCCCC2N1C[C@@H](C(F)(F)F)NC1=O. The third-order valence-corrected chi connectivity index (χ3v) is 3.99. The van der Waals surface area contributed by atoms with Crippen molar-refractivity contribution in [2.24, 2.45) is 0 Å². The van der Waals surface area contributed by atoms with Crippen LogP contribution in [-0.4, -0.2) is 36.3 Å². The largest absolute Gasteiger partial charge is 0.493 e. The summed E-state index contributed by atoms with van der Waals surface area (Å²) in [5.74, 6) is 0.533. The molecule has 0 radical (unpaired) electrons. The van der Waals surface area contributed by atoms with Crippen LogP contribution in [-0.2, 0) is 0 Å². The number of nitrogens with zero attached hydrogens (tertiary/aromatic N) is 1. The average Bonchev–Trinajstić information content (AvgIpc) is 2.71. The minimum absolute atomic E-state index is 0.392. The lowest BCUT2D eigenvalue weighted by Gasteiger charge is -2.27. The van der Waals surface area contributed by atoms with Crippen molar-refractivity contribution in [1.82, 2.24) is 10.2 Å². The molecule has 2 atom stereocenters. The van der Waals surface area contributed by atoms with Crippen LogP contribution in [0.15, 0.2) is 18.2 Å². The third-order valence-electron chi connectivity index (χ3n) is 3.99. The average molecular weight is 315 g/mol. The summed E-state index contributed by atoms with van der Waals surface area (Å²) in [6, 6.07) is 2.05. The number of alkyl halides is 3. The number of carbonyl (C=O) groups excluding carboxylic acids is 1. The number of nitrogen functional groups attached to an aromatic ring is 1.